The number of Topliss-reactive ketones (excluding diaryl/α,β-unsaturated/α-hetero) is 1. The lowest BCUT2D eigenvalue weighted by atomic mass is 9.82. The van der Waals surface area contributed by atoms with Crippen molar-refractivity contribution in [1.29, 1.82) is 0 Å². The molecule has 1 saturated heterocycles. The van der Waals surface area contributed by atoms with Gasteiger partial charge < -0.3 is 15.0 Å². The standard InChI is InChI=1S/C27H30N4O3S/c1-2-3-10-31-11-8-27(9-12-31)14-24(32)22-13-19(5-7-25(22)34-27)23-6-4-20(15-29-23)26(33)30-17-21-16-28-18-35-21/h4-7,13,15-16,18H,2-3,8-12,14,17H2,1H3,(H,30,33). The van der Waals surface area contributed by atoms with E-state index in [-0.39, 0.29) is 17.3 Å². The minimum Gasteiger partial charge on any atom is -0.486 e. The van der Waals surface area contributed by atoms with E-state index in [0.29, 0.717) is 35.5 Å². The second-order valence-corrected chi connectivity index (χ2v) is 10.3. The Morgan fingerprint density at radius 3 is 2.77 bits per heavy atom. The van der Waals surface area contributed by atoms with Crippen LogP contribution in [0.15, 0.2) is 48.2 Å². The molecular formula is C27H30N4O3S. The zero-order valence-corrected chi connectivity index (χ0v) is 20.8. The second-order valence-electron chi connectivity index (χ2n) is 9.37. The van der Waals surface area contributed by atoms with E-state index in [1.54, 1.807) is 24.0 Å². The van der Waals surface area contributed by atoms with Crippen molar-refractivity contribution in [2.45, 2.75) is 51.2 Å². The van der Waals surface area contributed by atoms with Crippen LogP contribution < -0.4 is 10.1 Å². The highest BCUT2D eigenvalue weighted by molar-refractivity contribution is 7.09. The largest absolute Gasteiger partial charge is 0.486 e. The number of fused-ring (bicyclic) bond motifs is 1. The van der Waals surface area contributed by atoms with Gasteiger partial charge in [0.1, 0.15) is 11.4 Å². The van der Waals surface area contributed by atoms with Crippen LogP contribution in [0.4, 0.5) is 0 Å². The molecule has 2 aromatic heterocycles. The predicted octanol–water partition coefficient (Wildman–Crippen LogP) is 4.74. The maximum absolute atomic E-state index is 13.1. The van der Waals surface area contributed by atoms with E-state index in [4.69, 9.17) is 4.74 Å². The summed E-state index contributed by atoms with van der Waals surface area (Å²) >= 11 is 1.50. The number of piperidine rings is 1. The van der Waals surface area contributed by atoms with Gasteiger partial charge in [0.2, 0.25) is 0 Å². The normalized spacial score (nSPS) is 17.1. The van der Waals surface area contributed by atoms with E-state index in [9.17, 15) is 9.59 Å². The van der Waals surface area contributed by atoms with E-state index < -0.39 is 0 Å². The third-order valence-corrected chi connectivity index (χ3v) is 7.69. The van der Waals surface area contributed by atoms with Crippen LogP contribution in [0.2, 0.25) is 0 Å². The molecule has 1 aromatic carbocycles. The molecule has 2 aliphatic heterocycles. The first-order valence-electron chi connectivity index (χ1n) is 12.3. The lowest BCUT2D eigenvalue weighted by molar-refractivity contribution is -0.00910. The second kappa shape index (κ2) is 10.3. The summed E-state index contributed by atoms with van der Waals surface area (Å²) in [5.41, 5.74) is 4.02. The molecule has 1 fully saturated rings. The fourth-order valence-electron chi connectivity index (χ4n) is 4.80. The number of carbonyl (C=O) groups excluding carboxylic acids is 2. The number of amides is 1. The third kappa shape index (κ3) is 5.28. The Kier molecular flexibility index (Phi) is 6.92. The molecule has 7 nitrogen and oxygen atoms in total. The quantitative estimate of drug-likeness (QED) is 0.515. The summed E-state index contributed by atoms with van der Waals surface area (Å²) in [6.07, 6.45) is 7.92. The number of pyridine rings is 1. The molecule has 1 N–H and O–H groups in total. The number of ketones is 1. The van der Waals surface area contributed by atoms with Gasteiger partial charge in [-0.1, -0.05) is 13.3 Å². The van der Waals surface area contributed by atoms with Gasteiger partial charge in [0, 0.05) is 48.8 Å². The van der Waals surface area contributed by atoms with Gasteiger partial charge >= 0.3 is 0 Å². The molecule has 0 unspecified atom stereocenters. The lowest BCUT2D eigenvalue weighted by Crippen LogP contribution is -2.51. The van der Waals surface area contributed by atoms with E-state index >= 15 is 0 Å². The van der Waals surface area contributed by atoms with E-state index in [2.05, 4.69) is 27.1 Å². The molecule has 0 radical (unpaired) electrons. The maximum Gasteiger partial charge on any atom is 0.253 e. The van der Waals surface area contributed by atoms with Gasteiger partial charge in [0.05, 0.1) is 35.3 Å². The molecule has 5 rings (SSSR count). The van der Waals surface area contributed by atoms with Crippen LogP contribution >= 0.6 is 11.3 Å². The molecule has 1 spiro atoms. The summed E-state index contributed by atoms with van der Waals surface area (Å²) in [5.74, 6) is 0.623. The van der Waals surface area contributed by atoms with E-state index in [1.165, 1.54) is 24.2 Å². The maximum atomic E-state index is 13.1. The van der Waals surface area contributed by atoms with Gasteiger partial charge in [-0.05, 0) is 43.3 Å². The molecule has 4 heterocycles. The van der Waals surface area contributed by atoms with Crippen LogP contribution in [0, 0.1) is 0 Å². The molecule has 1 amide bonds. The zero-order chi connectivity index (χ0) is 24.3. The van der Waals surface area contributed by atoms with Crippen molar-refractivity contribution in [3.8, 4) is 17.0 Å². The van der Waals surface area contributed by atoms with Crippen LogP contribution in [-0.4, -0.2) is 51.8 Å². The molecule has 0 atom stereocenters. The predicted molar refractivity (Wildman–Crippen MR) is 136 cm³/mol. The number of nitrogens with zero attached hydrogens (tertiary/aromatic N) is 3. The molecule has 182 valence electrons. The number of likely N-dealkylation sites (tertiary alicyclic amines) is 1. The number of unbranched alkanes of at least 4 members (excludes halogenated alkanes) is 1. The number of carbonyl (C=O) groups is 2. The first-order valence-corrected chi connectivity index (χ1v) is 13.1. The Morgan fingerprint density at radius 1 is 1.20 bits per heavy atom. The van der Waals surface area contributed by atoms with Gasteiger partial charge in [-0.2, -0.15) is 0 Å². The molecule has 35 heavy (non-hydrogen) atoms. The van der Waals surface area contributed by atoms with Crippen molar-refractivity contribution in [3.05, 3.63) is 64.2 Å². The molecular weight excluding hydrogens is 460 g/mol. The highest BCUT2D eigenvalue weighted by Gasteiger charge is 2.42. The number of thiazole rings is 1. The SMILES string of the molecule is CCCCN1CCC2(CC1)CC(=O)c1cc(-c3ccc(C(=O)NCc4cncs4)cn3)ccc1O2. The molecule has 2 aliphatic rings. The van der Waals surface area contributed by atoms with Gasteiger partial charge in [0.15, 0.2) is 5.78 Å². The summed E-state index contributed by atoms with van der Waals surface area (Å²) in [6, 6.07) is 9.26. The highest BCUT2D eigenvalue weighted by Crippen LogP contribution is 2.40. The molecule has 3 aromatic rings. The number of hydrogen-bond acceptors (Lipinski definition) is 7. The van der Waals surface area contributed by atoms with Gasteiger partial charge in [-0.25, -0.2) is 0 Å². The average molecular weight is 491 g/mol. The summed E-state index contributed by atoms with van der Waals surface area (Å²) in [5, 5.41) is 2.88. The topological polar surface area (TPSA) is 84.4 Å². The van der Waals surface area contributed by atoms with Gasteiger partial charge in [-0.3, -0.25) is 19.6 Å². The van der Waals surface area contributed by atoms with E-state index in [0.717, 1.165) is 42.9 Å². The molecule has 0 aliphatic carbocycles. The van der Waals surface area contributed by atoms with Crippen LogP contribution in [0.3, 0.4) is 0 Å². The van der Waals surface area contributed by atoms with Crippen molar-refractivity contribution >= 4 is 23.0 Å². The third-order valence-electron chi connectivity index (χ3n) is 6.91. The summed E-state index contributed by atoms with van der Waals surface area (Å²) in [4.78, 5) is 37.5. The molecule has 0 saturated carbocycles. The summed E-state index contributed by atoms with van der Waals surface area (Å²) < 4.78 is 6.46. The number of benzene rings is 1. The monoisotopic (exact) mass is 490 g/mol. The zero-order valence-electron chi connectivity index (χ0n) is 20.0. The molecule has 8 heteroatoms. The fourth-order valence-corrected chi connectivity index (χ4v) is 5.33. The van der Waals surface area contributed by atoms with Crippen LogP contribution in [-0.2, 0) is 6.54 Å². The minimum absolute atomic E-state index is 0.133. The molecule has 0 bridgehead atoms. The van der Waals surface area contributed by atoms with Crippen molar-refractivity contribution in [2.75, 3.05) is 19.6 Å². The number of nitrogens with one attached hydrogen (secondary N) is 1. The van der Waals surface area contributed by atoms with Crippen LogP contribution in [0.5, 0.6) is 5.75 Å². The summed E-state index contributed by atoms with van der Waals surface area (Å²) in [6.45, 7) is 5.74. The van der Waals surface area contributed by atoms with Crippen molar-refractivity contribution in [3.63, 3.8) is 0 Å². The Hall–Kier alpha value is -3.10. The minimum atomic E-state index is -0.374. The van der Waals surface area contributed by atoms with E-state index in [1.807, 2.05) is 24.3 Å². The Bertz CT molecular complexity index is 1190. The Morgan fingerprint density at radius 2 is 2.06 bits per heavy atom. The average Bonchev–Trinajstić information content (AvgIpc) is 3.41. The first-order chi connectivity index (χ1) is 17.0. The van der Waals surface area contributed by atoms with Gasteiger partial charge in [-0.15, -0.1) is 11.3 Å². The number of rotatable bonds is 7. The Balaban J connectivity index is 1.25. The van der Waals surface area contributed by atoms with Crippen LogP contribution in [0.1, 0.15) is 64.6 Å². The Labute approximate surface area is 209 Å². The van der Waals surface area contributed by atoms with Crippen molar-refractivity contribution in [1.82, 2.24) is 20.2 Å². The lowest BCUT2D eigenvalue weighted by Gasteiger charge is -2.44. The van der Waals surface area contributed by atoms with Crippen LogP contribution in [0.25, 0.3) is 11.3 Å². The summed E-state index contributed by atoms with van der Waals surface area (Å²) in [7, 11) is 0. The number of hydrogen-bond donors (Lipinski definition) is 1. The fraction of sp³-hybridized carbons (Fsp3) is 0.407. The smallest absolute Gasteiger partial charge is 0.253 e. The van der Waals surface area contributed by atoms with Crippen molar-refractivity contribution in [2.24, 2.45) is 0 Å². The number of ether oxygens (including phenoxy) is 1. The highest BCUT2D eigenvalue weighted by atomic mass is 32.1. The van der Waals surface area contributed by atoms with Crippen molar-refractivity contribution < 1.29 is 14.3 Å². The first kappa shape index (κ1) is 23.6. The van der Waals surface area contributed by atoms with Gasteiger partial charge in [0.25, 0.3) is 5.91 Å². The number of aromatic nitrogens is 2.